The van der Waals surface area contributed by atoms with Crippen molar-refractivity contribution in [1.82, 2.24) is 14.8 Å². The molecule has 0 bridgehead atoms. The van der Waals surface area contributed by atoms with Crippen LogP contribution in [0.25, 0.3) is 16.6 Å². The summed E-state index contributed by atoms with van der Waals surface area (Å²) in [7, 11) is 0. The molecule has 0 unspecified atom stereocenters. The van der Waals surface area contributed by atoms with Crippen LogP contribution in [0.3, 0.4) is 0 Å². The first-order chi connectivity index (χ1) is 8.79. The zero-order chi connectivity index (χ0) is 12.5. The summed E-state index contributed by atoms with van der Waals surface area (Å²) in [5.41, 5.74) is 8.22. The molecule has 3 aromatic rings. The Morgan fingerprint density at radius 3 is 2.78 bits per heavy atom. The van der Waals surface area contributed by atoms with Gasteiger partial charge in [0.25, 0.3) is 0 Å². The van der Waals surface area contributed by atoms with E-state index in [0.717, 1.165) is 10.9 Å². The van der Waals surface area contributed by atoms with Crippen LogP contribution in [0.5, 0.6) is 0 Å². The van der Waals surface area contributed by atoms with Gasteiger partial charge in [-0.15, -0.1) is 0 Å². The number of nitrogens with two attached hydrogens (primary N) is 1. The fourth-order valence-electron chi connectivity index (χ4n) is 1.91. The van der Waals surface area contributed by atoms with Crippen LogP contribution in [-0.2, 0) is 0 Å². The Kier molecular flexibility index (Phi) is 2.21. The van der Waals surface area contributed by atoms with Gasteiger partial charge in [0, 0.05) is 11.6 Å². The molecule has 2 N–H and O–H groups in total. The molecule has 3 rings (SSSR count). The molecular weight excluding hydrogens is 226 g/mol. The molecule has 0 aliphatic carbocycles. The molecule has 0 radical (unpaired) electrons. The zero-order valence-corrected chi connectivity index (χ0v) is 9.41. The first-order valence-corrected chi connectivity index (χ1v) is 5.38. The maximum atomic E-state index is 9.18. The van der Waals surface area contributed by atoms with Gasteiger partial charge in [-0.3, -0.25) is 4.98 Å². The van der Waals surface area contributed by atoms with Crippen molar-refractivity contribution in [3.63, 3.8) is 0 Å². The van der Waals surface area contributed by atoms with Crippen molar-refractivity contribution in [3.8, 4) is 11.8 Å². The van der Waals surface area contributed by atoms with Gasteiger partial charge < -0.3 is 5.73 Å². The van der Waals surface area contributed by atoms with E-state index >= 15 is 0 Å². The van der Waals surface area contributed by atoms with Crippen molar-refractivity contribution in [2.45, 2.75) is 0 Å². The quantitative estimate of drug-likeness (QED) is 0.698. The van der Waals surface area contributed by atoms with Gasteiger partial charge in [-0.1, -0.05) is 18.2 Å². The number of nitrogens with zero attached hydrogens (tertiary/aromatic N) is 4. The summed E-state index contributed by atoms with van der Waals surface area (Å²) < 4.78 is 1.61. The van der Waals surface area contributed by atoms with E-state index in [1.807, 2.05) is 24.3 Å². The molecule has 0 spiro atoms. The summed E-state index contributed by atoms with van der Waals surface area (Å²) in [5.74, 6) is 0. The van der Waals surface area contributed by atoms with Gasteiger partial charge in [0.2, 0.25) is 0 Å². The molecule has 86 valence electrons. The van der Waals surface area contributed by atoms with E-state index in [2.05, 4.69) is 16.2 Å². The topological polar surface area (TPSA) is 80.5 Å². The highest BCUT2D eigenvalue weighted by Crippen LogP contribution is 2.24. The van der Waals surface area contributed by atoms with Gasteiger partial charge in [0.05, 0.1) is 34.8 Å². The normalized spacial score (nSPS) is 10.4. The Labute approximate surface area is 103 Å². The van der Waals surface area contributed by atoms with Gasteiger partial charge in [0.15, 0.2) is 0 Å². The lowest BCUT2D eigenvalue weighted by Gasteiger charge is -2.07. The van der Waals surface area contributed by atoms with E-state index in [4.69, 9.17) is 5.73 Å². The Bertz CT molecular complexity index is 766. The van der Waals surface area contributed by atoms with E-state index in [1.54, 1.807) is 23.3 Å². The number of pyridine rings is 1. The minimum Gasteiger partial charge on any atom is -0.396 e. The van der Waals surface area contributed by atoms with Crippen LogP contribution in [0.15, 0.2) is 42.9 Å². The van der Waals surface area contributed by atoms with E-state index < -0.39 is 0 Å². The van der Waals surface area contributed by atoms with E-state index in [9.17, 15) is 5.26 Å². The second-order valence-corrected chi connectivity index (χ2v) is 3.87. The summed E-state index contributed by atoms with van der Waals surface area (Å²) in [4.78, 5) is 4.25. The highest BCUT2D eigenvalue weighted by atomic mass is 15.3. The van der Waals surface area contributed by atoms with Crippen LogP contribution in [0.4, 0.5) is 5.69 Å². The highest BCUT2D eigenvalue weighted by Gasteiger charge is 2.11. The predicted octanol–water partition coefficient (Wildman–Crippen LogP) is 1.87. The first-order valence-electron chi connectivity index (χ1n) is 5.38. The SMILES string of the molecule is N#Cc1cnc2ccccc2c1-n1cc(N)cn1. The van der Waals surface area contributed by atoms with Gasteiger partial charge in [-0.25, -0.2) is 4.68 Å². The minimum absolute atomic E-state index is 0.469. The molecule has 0 aliphatic rings. The number of nitriles is 1. The number of hydrogen-bond donors (Lipinski definition) is 1. The maximum Gasteiger partial charge on any atom is 0.103 e. The third kappa shape index (κ3) is 1.48. The second kappa shape index (κ2) is 3.86. The van der Waals surface area contributed by atoms with Gasteiger partial charge >= 0.3 is 0 Å². The molecule has 0 saturated carbocycles. The number of aromatic nitrogens is 3. The third-order valence-corrected chi connectivity index (χ3v) is 2.70. The number of fused-ring (bicyclic) bond motifs is 1. The Hall–Kier alpha value is -2.87. The minimum atomic E-state index is 0.469. The number of nitrogen functional groups attached to an aromatic ring is 1. The summed E-state index contributed by atoms with van der Waals surface area (Å²) in [5, 5.41) is 14.2. The van der Waals surface area contributed by atoms with Crippen molar-refractivity contribution in [3.05, 3.63) is 48.4 Å². The van der Waals surface area contributed by atoms with Crippen molar-refractivity contribution in [2.75, 3.05) is 5.73 Å². The Balaban J connectivity index is 2.41. The van der Waals surface area contributed by atoms with Crippen molar-refractivity contribution in [2.24, 2.45) is 0 Å². The van der Waals surface area contributed by atoms with Crippen LogP contribution in [0.2, 0.25) is 0 Å². The number of para-hydroxylation sites is 1. The molecule has 5 nitrogen and oxygen atoms in total. The summed E-state index contributed by atoms with van der Waals surface area (Å²) >= 11 is 0. The highest BCUT2D eigenvalue weighted by molar-refractivity contribution is 5.89. The molecule has 0 saturated heterocycles. The smallest absolute Gasteiger partial charge is 0.103 e. The van der Waals surface area contributed by atoms with Gasteiger partial charge in [0.1, 0.15) is 6.07 Å². The molecular formula is C13H9N5. The molecule has 2 heterocycles. The van der Waals surface area contributed by atoms with Crippen LogP contribution < -0.4 is 5.73 Å². The third-order valence-electron chi connectivity index (χ3n) is 2.70. The van der Waals surface area contributed by atoms with E-state index in [1.165, 1.54) is 0 Å². The lowest BCUT2D eigenvalue weighted by molar-refractivity contribution is 0.883. The van der Waals surface area contributed by atoms with Crippen molar-refractivity contribution >= 4 is 16.6 Å². The summed E-state index contributed by atoms with van der Waals surface area (Å²) in [6.07, 6.45) is 4.79. The molecule has 1 aromatic carbocycles. The van der Waals surface area contributed by atoms with Crippen LogP contribution >= 0.6 is 0 Å². The van der Waals surface area contributed by atoms with Crippen molar-refractivity contribution in [1.29, 1.82) is 5.26 Å². The lowest BCUT2D eigenvalue weighted by Crippen LogP contribution is -2.00. The number of anilines is 1. The van der Waals surface area contributed by atoms with E-state index in [0.29, 0.717) is 16.9 Å². The Morgan fingerprint density at radius 1 is 1.22 bits per heavy atom. The average molecular weight is 235 g/mol. The lowest BCUT2D eigenvalue weighted by atomic mass is 10.1. The molecule has 5 heteroatoms. The largest absolute Gasteiger partial charge is 0.396 e. The second-order valence-electron chi connectivity index (χ2n) is 3.87. The van der Waals surface area contributed by atoms with Crippen LogP contribution in [-0.4, -0.2) is 14.8 Å². The zero-order valence-electron chi connectivity index (χ0n) is 9.41. The van der Waals surface area contributed by atoms with Gasteiger partial charge in [-0.2, -0.15) is 10.4 Å². The maximum absolute atomic E-state index is 9.18. The molecule has 0 atom stereocenters. The monoisotopic (exact) mass is 235 g/mol. The van der Waals surface area contributed by atoms with Gasteiger partial charge in [-0.05, 0) is 6.07 Å². The molecule has 0 fully saturated rings. The van der Waals surface area contributed by atoms with Crippen LogP contribution in [0, 0.1) is 11.3 Å². The number of hydrogen-bond acceptors (Lipinski definition) is 4. The summed E-state index contributed by atoms with van der Waals surface area (Å²) in [6, 6.07) is 9.75. The summed E-state index contributed by atoms with van der Waals surface area (Å²) in [6.45, 7) is 0. The van der Waals surface area contributed by atoms with Crippen LogP contribution in [0.1, 0.15) is 5.56 Å². The standard InChI is InChI=1S/C13H9N5/c14-5-9-6-16-12-4-2-1-3-11(12)13(9)18-8-10(15)7-17-18/h1-4,6-8H,15H2. The fraction of sp³-hybridized carbons (Fsp3) is 0. The fourth-order valence-corrected chi connectivity index (χ4v) is 1.91. The molecule has 2 aromatic heterocycles. The van der Waals surface area contributed by atoms with Crippen molar-refractivity contribution < 1.29 is 0 Å². The molecule has 18 heavy (non-hydrogen) atoms. The van der Waals surface area contributed by atoms with E-state index in [-0.39, 0.29) is 0 Å². The average Bonchev–Trinajstić information content (AvgIpc) is 2.83. The number of rotatable bonds is 1. The predicted molar refractivity (Wildman–Crippen MR) is 68.0 cm³/mol. The molecule has 0 aliphatic heterocycles. The number of benzene rings is 1. The Morgan fingerprint density at radius 2 is 2.06 bits per heavy atom. The first kappa shape index (κ1) is 10.3. The molecule has 0 amide bonds.